The lowest BCUT2D eigenvalue weighted by atomic mass is 10.3. The van der Waals surface area contributed by atoms with E-state index in [-0.39, 0.29) is 5.60 Å². The molecular weight excluding hydrogens is 96.1 g/mol. The van der Waals surface area contributed by atoms with Crippen LogP contribution in [-0.4, -0.2) is 18.0 Å². The van der Waals surface area contributed by atoms with Crippen LogP contribution in [-0.2, 0) is 4.74 Å². The van der Waals surface area contributed by atoms with Gasteiger partial charge in [0.05, 0.1) is 12.2 Å². The molecule has 1 heterocycles. The zero-order valence-electron chi connectivity index (χ0n) is 3.77. The molecule has 1 aliphatic rings. The summed E-state index contributed by atoms with van der Waals surface area (Å²) < 4.78 is 4.97. The first-order valence-electron chi connectivity index (χ1n) is 2.02. The molecule has 1 nitrogen and oxygen atoms in total. The molecule has 0 spiro atoms. The quantitative estimate of drug-likeness (QED) is 0.381. The first-order valence-corrected chi connectivity index (χ1v) is 2.65. The molecule has 0 aromatic heterocycles. The Hall–Kier alpha value is 0.310. The highest BCUT2D eigenvalue weighted by Crippen LogP contribution is 2.26. The maximum absolute atomic E-state index is 4.97. The second kappa shape index (κ2) is 1.14. The van der Waals surface area contributed by atoms with Gasteiger partial charge in [-0.25, -0.2) is 0 Å². The van der Waals surface area contributed by atoms with Crippen LogP contribution >= 0.6 is 12.6 Å². The van der Waals surface area contributed by atoms with Crippen molar-refractivity contribution in [3.8, 4) is 0 Å². The van der Waals surface area contributed by atoms with E-state index >= 15 is 0 Å². The average Bonchev–Trinajstić information content (AvgIpc) is 2.22. The monoisotopic (exact) mass is 104 g/mol. The average molecular weight is 104 g/mol. The van der Waals surface area contributed by atoms with Crippen LogP contribution in [0.2, 0.25) is 0 Å². The molecule has 0 aliphatic carbocycles. The molecule has 1 rings (SSSR count). The summed E-state index contributed by atoms with van der Waals surface area (Å²) in [4.78, 5) is 0. The van der Waals surface area contributed by atoms with Crippen LogP contribution in [0.25, 0.3) is 0 Å². The predicted octanol–water partition coefficient (Wildman–Crippen LogP) is 0.705. The lowest BCUT2D eigenvalue weighted by molar-refractivity contribution is 0.349. The van der Waals surface area contributed by atoms with E-state index in [4.69, 9.17) is 4.74 Å². The number of epoxide rings is 1. The van der Waals surface area contributed by atoms with Gasteiger partial charge in [-0.3, -0.25) is 0 Å². The van der Waals surface area contributed by atoms with Crippen molar-refractivity contribution in [2.24, 2.45) is 0 Å². The van der Waals surface area contributed by atoms with Crippen molar-refractivity contribution < 1.29 is 4.74 Å². The summed E-state index contributed by atoms with van der Waals surface area (Å²) in [5.41, 5.74) is 0.156. The molecule has 1 saturated heterocycles. The van der Waals surface area contributed by atoms with Gasteiger partial charge in [0.2, 0.25) is 0 Å². The summed E-state index contributed by atoms with van der Waals surface area (Å²) in [6, 6.07) is 0. The van der Waals surface area contributed by atoms with Crippen molar-refractivity contribution in [3.63, 3.8) is 0 Å². The summed E-state index contributed by atoms with van der Waals surface area (Å²) in [7, 11) is 0. The smallest absolute Gasteiger partial charge is 0.0975 e. The Kier molecular flexibility index (Phi) is 0.848. The van der Waals surface area contributed by atoms with Gasteiger partial charge in [-0.1, -0.05) is 0 Å². The topological polar surface area (TPSA) is 12.5 Å². The highest BCUT2D eigenvalue weighted by Gasteiger charge is 2.37. The maximum atomic E-state index is 4.97. The first kappa shape index (κ1) is 4.47. The van der Waals surface area contributed by atoms with Crippen molar-refractivity contribution in [1.82, 2.24) is 0 Å². The van der Waals surface area contributed by atoms with Gasteiger partial charge in [0.25, 0.3) is 0 Å². The lowest BCUT2D eigenvalue weighted by Crippen LogP contribution is -2.04. The Balaban J connectivity index is 2.28. The molecule has 0 amide bonds. The summed E-state index contributed by atoms with van der Waals surface area (Å²) >= 11 is 4.04. The van der Waals surface area contributed by atoms with E-state index in [1.54, 1.807) is 0 Å². The number of thiol groups is 1. The normalized spacial score (nSPS) is 43.0. The van der Waals surface area contributed by atoms with Crippen molar-refractivity contribution in [1.29, 1.82) is 0 Å². The van der Waals surface area contributed by atoms with E-state index in [0.29, 0.717) is 0 Å². The van der Waals surface area contributed by atoms with Crippen LogP contribution in [0.5, 0.6) is 0 Å². The molecule has 36 valence electrons. The molecule has 0 aromatic rings. The lowest BCUT2D eigenvalue weighted by Gasteiger charge is -1.91. The zero-order valence-corrected chi connectivity index (χ0v) is 4.66. The highest BCUT2D eigenvalue weighted by molar-refractivity contribution is 7.80. The number of ether oxygens (including phenoxy) is 1. The summed E-state index contributed by atoms with van der Waals surface area (Å²) in [5.74, 6) is 0.854. The first-order chi connectivity index (χ1) is 2.77. The highest BCUT2D eigenvalue weighted by atomic mass is 32.1. The molecule has 1 aliphatic heterocycles. The van der Waals surface area contributed by atoms with Crippen molar-refractivity contribution >= 4 is 12.6 Å². The largest absolute Gasteiger partial charge is 0.369 e. The second-order valence-corrected chi connectivity index (χ2v) is 2.21. The SMILES string of the molecule is CC1(CS)CO1. The Labute approximate surface area is 43.1 Å². The van der Waals surface area contributed by atoms with Crippen LogP contribution in [0.1, 0.15) is 6.92 Å². The Bertz CT molecular complexity index is 58.6. The molecule has 6 heavy (non-hydrogen) atoms. The fraction of sp³-hybridized carbons (Fsp3) is 1.00. The van der Waals surface area contributed by atoms with E-state index in [2.05, 4.69) is 19.6 Å². The van der Waals surface area contributed by atoms with E-state index in [9.17, 15) is 0 Å². The van der Waals surface area contributed by atoms with Gasteiger partial charge in [-0.15, -0.1) is 0 Å². The molecule has 1 unspecified atom stereocenters. The molecule has 2 heteroatoms. The molecular formula is C4H8OS. The van der Waals surface area contributed by atoms with Crippen LogP contribution in [0.15, 0.2) is 0 Å². The number of hydrogen-bond acceptors (Lipinski definition) is 2. The molecule has 0 aromatic carbocycles. The Morgan fingerprint density at radius 3 is 2.50 bits per heavy atom. The van der Waals surface area contributed by atoms with Gasteiger partial charge in [-0.2, -0.15) is 12.6 Å². The summed E-state index contributed by atoms with van der Waals surface area (Å²) in [6.07, 6.45) is 0. The van der Waals surface area contributed by atoms with E-state index in [1.807, 2.05) is 0 Å². The third kappa shape index (κ3) is 0.684. The van der Waals surface area contributed by atoms with Gasteiger partial charge in [0.1, 0.15) is 0 Å². The molecule has 0 N–H and O–H groups in total. The summed E-state index contributed by atoms with van der Waals surface area (Å²) in [5, 5.41) is 0. The molecule has 1 atom stereocenters. The minimum atomic E-state index is 0.156. The van der Waals surface area contributed by atoms with Crippen LogP contribution in [0, 0.1) is 0 Å². The van der Waals surface area contributed by atoms with E-state index in [0.717, 1.165) is 12.4 Å². The number of hydrogen-bond donors (Lipinski definition) is 1. The van der Waals surface area contributed by atoms with Crippen LogP contribution in [0.4, 0.5) is 0 Å². The number of rotatable bonds is 1. The van der Waals surface area contributed by atoms with Gasteiger partial charge >= 0.3 is 0 Å². The second-order valence-electron chi connectivity index (χ2n) is 1.90. The molecule has 0 saturated carbocycles. The zero-order chi connectivity index (χ0) is 4.62. The molecule has 1 fully saturated rings. The van der Waals surface area contributed by atoms with Gasteiger partial charge < -0.3 is 4.74 Å². The Morgan fingerprint density at radius 1 is 2.00 bits per heavy atom. The minimum absolute atomic E-state index is 0.156. The van der Waals surface area contributed by atoms with E-state index in [1.165, 1.54) is 0 Å². The predicted molar refractivity (Wildman–Crippen MR) is 28.2 cm³/mol. The van der Waals surface area contributed by atoms with Crippen molar-refractivity contribution in [2.75, 3.05) is 12.4 Å². The fourth-order valence-electron chi connectivity index (χ4n) is 0.214. The molecule has 0 radical (unpaired) electrons. The van der Waals surface area contributed by atoms with Crippen molar-refractivity contribution in [2.45, 2.75) is 12.5 Å². The third-order valence-corrected chi connectivity index (χ3v) is 1.64. The van der Waals surface area contributed by atoms with Crippen LogP contribution < -0.4 is 0 Å². The third-order valence-electron chi connectivity index (χ3n) is 0.972. The fourth-order valence-corrected chi connectivity index (χ4v) is 0.397. The van der Waals surface area contributed by atoms with E-state index < -0.39 is 0 Å². The Morgan fingerprint density at radius 2 is 2.50 bits per heavy atom. The van der Waals surface area contributed by atoms with Gasteiger partial charge in [0, 0.05) is 5.75 Å². The van der Waals surface area contributed by atoms with Crippen LogP contribution in [0.3, 0.4) is 0 Å². The van der Waals surface area contributed by atoms with Gasteiger partial charge in [-0.05, 0) is 6.92 Å². The summed E-state index contributed by atoms with van der Waals surface area (Å²) in [6.45, 7) is 2.95. The molecule has 0 bridgehead atoms. The maximum Gasteiger partial charge on any atom is 0.0975 e. The van der Waals surface area contributed by atoms with Crippen molar-refractivity contribution in [3.05, 3.63) is 0 Å². The minimum Gasteiger partial charge on any atom is -0.369 e. The standard InChI is InChI=1S/C4H8OS/c1-4(3-6)2-5-4/h6H,2-3H2,1H3. The van der Waals surface area contributed by atoms with Gasteiger partial charge in [0.15, 0.2) is 0 Å².